The number of aliphatic imine (C=N–C) groups is 1. The van der Waals surface area contributed by atoms with E-state index in [0.29, 0.717) is 11.4 Å². The lowest BCUT2D eigenvalue weighted by atomic mass is 10.2. The van der Waals surface area contributed by atoms with Crippen molar-refractivity contribution in [2.75, 3.05) is 19.7 Å². The van der Waals surface area contributed by atoms with Gasteiger partial charge in [0.1, 0.15) is 30.1 Å². The van der Waals surface area contributed by atoms with E-state index in [9.17, 15) is 14.4 Å². The summed E-state index contributed by atoms with van der Waals surface area (Å²) in [6.07, 6.45) is 0.832. The van der Waals surface area contributed by atoms with Crippen molar-refractivity contribution in [2.45, 2.75) is 52.7 Å². The minimum Gasteiger partial charge on any atom is -0.492 e. The van der Waals surface area contributed by atoms with Crippen LogP contribution in [0.25, 0.3) is 0 Å². The smallest absolute Gasteiger partial charge is 0.410 e. The van der Waals surface area contributed by atoms with Gasteiger partial charge in [0.2, 0.25) is 6.08 Å². The lowest BCUT2D eigenvalue weighted by molar-refractivity contribution is -0.156. The maximum Gasteiger partial charge on any atom is 0.410 e. The minimum absolute atomic E-state index is 0.127. The van der Waals surface area contributed by atoms with Crippen molar-refractivity contribution in [2.24, 2.45) is 4.99 Å². The van der Waals surface area contributed by atoms with Gasteiger partial charge in [-0.15, -0.1) is 0 Å². The normalized spacial score (nSPS) is 11.2. The third kappa shape index (κ3) is 9.73. The first-order chi connectivity index (χ1) is 12.9. The van der Waals surface area contributed by atoms with Gasteiger partial charge in [0.05, 0.1) is 12.2 Å². The Morgan fingerprint density at radius 1 is 1.00 bits per heavy atom. The SMILES string of the molecule is CC(C)(C)OC(=O)CN(CCOc1ccc(N=C=O)cc1)C(=O)OC(C)(C)C. The maximum absolute atomic E-state index is 12.4. The van der Waals surface area contributed by atoms with Crippen molar-refractivity contribution in [3.8, 4) is 5.75 Å². The number of benzene rings is 1. The maximum atomic E-state index is 12.4. The summed E-state index contributed by atoms with van der Waals surface area (Å²) in [5, 5.41) is 0. The minimum atomic E-state index is -0.695. The second-order valence-electron chi connectivity index (χ2n) is 8.03. The Balaban J connectivity index is 2.71. The van der Waals surface area contributed by atoms with Gasteiger partial charge in [-0.25, -0.2) is 9.59 Å². The van der Waals surface area contributed by atoms with Gasteiger partial charge in [0.15, 0.2) is 0 Å². The molecule has 0 heterocycles. The summed E-state index contributed by atoms with van der Waals surface area (Å²) < 4.78 is 16.2. The van der Waals surface area contributed by atoms with E-state index in [4.69, 9.17) is 14.2 Å². The molecule has 0 aliphatic carbocycles. The second-order valence-corrected chi connectivity index (χ2v) is 8.03. The highest BCUT2D eigenvalue weighted by atomic mass is 16.6. The van der Waals surface area contributed by atoms with Crippen molar-refractivity contribution >= 4 is 23.8 Å². The molecule has 154 valence electrons. The van der Waals surface area contributed by atoms with Crippen LogP contribution >= 0.6 is 0 Å². The number of rotatable bonds is 7. The van der Waals surface area contributed by atoms with E-state index in [1.807, 2.05) is 0 Å². The fraction of sp³-hybridized carbons (Fsp3) is 0.550. The van der Waals surface area contributed by atoms with Gasteiger partial charge >= 0.3 is 12.1 Å². The first kappa shape index (κ1) is 23.2. The van der Waals surface area contributed by atoms with Crippen LogP contribution in [0.2, 0.25) is 0 Å². The predicted molar refractivity (Wildman–Crippen MR) is 103 cm³/mol. The largest absolute Gasteiger partial charge is 0.492 e. The van der Waals surface area contributed by atoms with Crippen LogP contribution < -0.4 is 4.74 Å². The molecule has 8 nitrogen and oxygen atoms in total. The van der Waals surface area contributed by atoms with Crippen LogP contribution in [0.4, 0.5) is 10.5 Å². The molecule has 0 aliphatic rings. The highest BCUT2D eigenvalue weighted by molar-refractivity contribution is 5.78. The molecule has 0 saturated heterocycles. The van der Waals surface area contributed by atoms with Crippen molar-refractivity contribution < 1.29 is 28.6 Å². The summed E-state index contributed by atoms with van der Waals surface area (Å²) in [4.78, 5) is 39.5. The molecule has 0 radical (unpaired) electrons. The molecule has 0 atom stereocenters. The number of amides is 1. The van der Waals surface area contributed by atoms with Gasteiger partial charge in [-0.2, -0.15) is 4.99 Å². The van der Waals surface area contributed by atoms with E-state index in [1.165, 1.54) is 11.0 Å². The van der Waals surface area contributed by atoms with Crippen molar-refractivity contribution in [3.05, 3.63) is 24.3 Å². The van der Waals surface area contributed by atoms with Gasteiger partial charge in [0.25, 0.3) is 0 Å². The quantitative estimate of drug-likeness (QED) is 0.400. The summed E-state index contributed by atoms with van der Waals surface area (Å²) in [7, 11) is 0. The molecule has 1 rings (SSSR count). The topological polar surface area (TPSA) is 94.5 Å². The predicted octanol–water partition coefficient (Wildman–Crippen LogP) is 3.61. The molecule has 1 aromatic carbocycles. The molecule has 0 N–H and O–H groups in total. The van der Waals surface area contributed by atoms with Crippen LogP contribution in [0.3, 0.4) is 0 Å². The van der Waals surface area contributed by atoms with E-state index < -0.39 is 23.3 Å². The molecule has 1 aromatic rings. The molecule has 0 aromatic heterocycles. The Morgan fingerprint density at radius 3 is 2.07 bits per heavy atom. The molecule has 0 spiro atoms. The highest BCUT2D eigenvalue weighted by Gasteiger charge is 2.26. The number of nitrogens with zero attached hydrogens (tertiary/aromatic N) is 2. The fourth-order valence-corrected chi connectivity index (χ4v) is 2.03. The first-order valence-corrected chi connectivity index (χ1v) is 8.90. The first-order valence-electron chi connectivity index (χ1n) is 8.90. The Hall–Kier alpha value is -2.86. The van der Waals surface area contributed by atoms with Crippen LogP contribution in [-0.4, -0.2) is 53.9 Å². The van der Waals surface area contributed by atoms with E-state index in [-0.39, 0.29) is 19.7 Å². The molecule has 0 bridgehead atoms. The monoisotopic (exact) mass is 392 g/mol. The van der Waals surface area contributed by atoms with E-state index in [0.717, 1.165) is 0 Å². The van der Waals surface area contributed by atoms with Crippen molar-refractivity contribution in [1.29, 1.82) is 0 Å². The zero-order valence-electron chi connectivity index (χ0n) is 17.3. The number of ether oxygens (including phenoxy) is 3. The summed E-state index contributed by atoms with van der Waals surface area (Å²) in [5.41, 5.74) is -0.888. The average molecular weight is 392 g/mol. The molecule has 0 saturated carbocycles. The summed E-state index contributed by atoms with van der Waals surface area (Å²) in [6.45, 7) is 10.5. The lowest BCUT2D eigenvalue weighted by Gasteiger charge is -2.28. The summed E-state index contributed by atoms with van der Waals surface area (Å²) >= 11 is 0. The average Bonchev–Trinajstić information content (AvgIpc) is 2.52. The molecule has 0 unspecified atom stereocenters. The van der Waals surface area contributed by atoms with Crippen molar-refractivity contribution in [1.82, 2.24) is 4.90 Å². The van der Waals surface area contributed by atoms with Crippen LogP contribution in [-0.2, 0) is 19.1 Å². The molecule has 1 amide bonds. The van der Waals surface area contributed by atoms with E-state index in [1.54, 1.807) is 65.8 Å². The number of esters is 1. The van der Waals surface area contributed by atoms with Crippen LogP contribution in [0.5, 0.6) is 5.75 Å². The summed E-state index contributed by atoms with van der Waals surface area (Å²) in [6, 6.07) is 6.49. The fourth-order valence-electron chi connectivity index (χ4n) is 2.03. The van der Waals surface area contributed by atoms with Gasteiger partial charge < -0.3 is 14.2 Å². The van der Waals surface area contributed by atoms with Crippen molar-refractivity contribution in [3.63, 3.8) is 0 Å². The van der Waals surface area contributed by atoms with Gasteiger partial charge in [-0.1, -0.05) is 0 Å². The highest BCUT2D eigenvalue weighted by Crippen LogP contribution is 2.18. The zero-order chi connectivity index (χ0) is 21.4. The molecule has 0 aliphatic heterocycles. The molecular weight excluding hydrogens is 364 g/mol. The molecule has 28 heavy (non-hydrogen) atoms. The number of hydrogen-bond acceptors (Lipinski definition) is 7. The Bertz CT molecular complexity index is 710. The van der Waals surface area contributed by atoms with Crippen LogP contribution in [0.15, 0.2) is 29.3 Å². The molecule has 8 heteroatoms. The third-order valence-electron chi connectivity index (χ3n) is 3.03. The number of hydrogen-bond donors (Lipinski definition) is 0. The number of carbonyl (C=O) groups is 2. The van der Waals surface area contributed by atoms with Gasteiger partial charge in [-0.3, -0.25) is 9.69 Å². The number of isocyanates is 1. The zero-order valence-corrected chi connectivity index (χ0v) is 17.3. The van der Waals surface area contributed by atoms with E-state index in [2.05, 4.69) is 4.99 Å². The Labute approximate surface area is 165 Å². The van der Waals surface area contributed by atoms with Gasteiger partial charge in [0, 0.05) is 0 Å². The third-order valence-corrected chi connectivity index (χ3v) is 3.03. The second kappa shape index (κ2) is 9.90. The standard InChI is InChI=1S/C20H28N2O6/c1-19(2,3)27-17(24)13-22(18(25)28-20(4,5)6)11-12-26-16-9-7-15(8-10-16)21-14-23/h7-10H,11-13H2,1-6H3. The molecular formula is C20H28N2O6. The number of carbonyl (C=O) groups excluding carboxylic acids is 3. The van der Waals surface area contributed by atoms with Crippen LogP contribution in [0, 0.1) is 0 Å². The van der Waals surface area contributed by atoms with Crippen LogP contribution in [0.1, 0.15) is 41.5 Å². The summed E-state index contributed by atoms with van der Waals surface area (Å²) in [5.74, 6) is 0.000641. The molecule has 0 fully saturated rings. The Kier molecular flexibility index (Phi) is 8.19. The van der Waals surface area contributed by atoms with E-state index >= 15 is 0 Å². The van der Waals surface area contributed by atoms with Gasteiger partial charge in [-0.05, 0) is 65.8 Å². The Morgan fingerprint density at radius 2 is 1.57 bits per heavy atom. The lowest BCUT2D eigenvalue weighted by Crippen LogP contribution is -2.43.